The number of rotatable bonds is 3. The van der Waals surface area contributed by atoms with Crippen LogP contribution in [0.2, 0.25) is 0 Å². The second-order valence-corrected chi connectivity index (χ2v) is 6.22. The monoisotopic (exact) mass is 345 g/mol. The van der Waals surface area contributed by atoms with Gasteiger partial charge in [-0.15, -0.1) is 11.3 Å². The molecule has 10 heteroatoms. The molecule has 1 aliphatic heterocycles. The molecule has 1 saturated heterocycles. The molecule has 0 aromatic carbocycles. The molecule has 23 heavy (non-hydrogen) atoms. The van der Waals surface area contributed by atoms with Gasteiger partial charge < -0.3 is 10.2 Å². The van der Waals surface area contributed by atoms with Gasteiger partial charge in [-0.1, -0.05) is 0 Å². The number of nitrogens with one attached hydrogen (secondary N) is 1. The highest BCUT2D eigenvalue weighted by Crippen LogP contribution is 2.34. The minimum atomic E-state index is -4.43. The van der Waals surface area contributed by atoms with Crippen molar-refractivity contribution in [1.29, 1.82) is 0 Å². The third-order valence-corrected chi connectivity index (χ3v) is 4.41. The van der Waals surface area contributed by atoms with E-state index in [-0.39, 0.29) is 11.9 Å². The van der Waals surface area contributed by atoms with Crippen LogP contribution in [0, 0.1) is 6.92 Å². The fourth-order valence-electron chi connectivity index (χ4n) is 2.35. The zero-order valence-electron chi connectivity index (χ0n) is 12.4. The lowest BCUT2D eigenvalue weighted by molar-refractivity contribution is -0.140. The Balaban J connectivity index is 1.56. The predicted octanol–water partition coefficient (Wildman–Crippen LogP) is 1.82. The Bertz CT molecular complexity index is 732. The van der Waals surface area contributed by atoms with Crippen molar-refractivity contribution in [3.8, 4) is 0 Å². The second-order valence-electron chi connectivity index (χ2n) is 5.38. The molecule has 0 aliphatic carbocycles. The van der Waals surface area contributed by atoms with Crippen molar-refractivity contribution >= 4 is 22.4 Å². The normalized spacial score (nSPS) is 15.6. The van der Waals surface area contributed by atoms with Crippen LogP contribution in [0.25, 0.3) is 0 Å². The average molecular weight is 345 g/mol. The Morgan fingerprint density at radius 2 is 2.13 bits per heavy atom. The maximum Gasteiger partial charge on any atom is 0.434 e. The Labute approximate surface area is 133 Å². The first-order valence-corrected chi connectivity index (χ1v) is 7.71. The zero-order valence-corrected chi connectivity index (χ0v) is 13.2. The van der Waals surface area contributed by atoms with Gasteiger partial charge in [0.1, 0.15) is 5.69 Å². The third-order valence-electron chi connectivity index (χ3n) is 3.50. The van der Waals surface area contributed by atoms with E-state index in [0.29, 0.717) is 23.9 Å². The van der Waals surface area contributed by atoms with E-state index in [9.17, 15) is 18.0 Å². The number of halogens is 3. The summed E-state index contributed by atoms with van der Waals surface area (Å²) in [5, 5.41) is 8.26. The maximum absolute atomic E-state index is 12.5. The summed E-state index contributed by atoms with van der Waals surface area (Å²) >= 11 is 0.951. The van der Waals surface area contributed by atoms with Crippen LogP contribution in [-0.4, -0.2) is 39.8 Å². The van der Waals surface area contributed by atoms with Crippen molar-refractivity contribution in [2.24, 2.45) is 7.05 Å². The van der Waals surface area contributed by atoms with Crippen LogP contribution in [0.15, 0.2) is 11.4 Å². The first kappa shape index (κ1) is 15.8. The Hall–Kier alpha value is -2.10. The SMILES string of the molecule is Cc1cc(C(=O)NC2CN(c3nc(C(F)(F)F)cs3)C2)n(C)n1. The van der Waals surface area contributed by atoms with Crippen LogP contribution in [0.3, 0.4) is 0 Å². The second kappa shape index (κ2) is 5.52. The molecule has 0 bridgehead atoms. The van der Waals surface area contributed by atoms with E-state index in [0.717, 1.165) is 22.4 Å². The molecular weight excluding hydrogens is 331 g/mol. The van der Waals surface area contributed by atoms with Crippen molar-refractivity contribution in [3.63, 3.8) is 0 Å². The molecule has 0 atom stereocenters. The van der Waals surface area contributed by atoms with Crippen LogP contribution in [0.5, 0.6) is 0 Å². The number of aryl methyl sites for hydroxylation is 2. The van der Waals surface area contributed by atoms with Gasteiger partial charge in [0.2, 0.25) is 0 Å². The van der Waals surface area contributed by atoms with Crippen molar-refractivity contribution in [1.82, 2.24) is 20.1 Å². The number of thiazole rings is 1. The molecule has 1 amide bonds. The predicted molar refractivity (Wildman–Crippen MR) is 78.5 cm³/mol. The quantitative estimate of drug-likeness (QED) is 0.922. The van der Waals surface area contributed by atoms with Gasteiger partial charge in [0, 0.05) is 25.5 Å². The van der Waals surface area contributed by atoms with Crippen molar-refractivity contribution in [2.45, 2.75) is 19.1 Å². The minimum Gasteiger partial charge on any atom is -0.344 e. The summed E-state index contributed by atoms with van der Waals surface area (Å²) in [6.07, 6.45) is -4.43. The van der Waals surface area contributed by atoms with E-state index in [4.69, 9.17) is 0 Å². The number of hydrogen-bond acceptors (Lipinski definition) is 5. The lowest BCUT2D eigenvalue weighted by Gasteiger charge is -2.39. The van der Waals surface area contributed by atoms with Crippen LogP contribution < -0.4 is 10.2 Å². The first-order valence-electron chi connectivity index (χ1n) is 6.83. The highest BCUT2D eigenvalue weighted by molar-refractivity contribution is 7.13. The summed E-state index contributed by atoms with van der Waals surface area (Å²) in [5.74, 6) is -0.243. The number of anilines is 1. The Kier molecular flexibility index (Phi) is 3.78. The molecule has 6 nitrogen and oxygen atoms in total. The fraction of sp³-hybridized carbons (Fsp3) is 0.462. The molecule has 0 saturated carbocycles. The topological polar surface area (TPSA) is 63.1 Å². The van der Waals surface area contributed by atoms with Crippen LogP contribution >= 0.6 is 11.3 Å². The first-order chi connectivity index (χ1) is 10.7. The standard InChI is InChI=1S/C13H14F3N5OS/c1-7-3-9(20(2)19-7)11(22)17-8-4-21(5-8)12-18-10(6-23-12)13(14,15)16/h3,6,8H,4-5H2,1-2H3,(H,17,22). The molecule has 124 valence electrons. The molecular formula is C13H14F3N5OS. The number of carbonyl (C=O) groups is 1. The van der Waals surface area contributed by atoms with Crippen molar-refractivity contribution < 1.29 is 18.0 Å². The van der Waals surface area contributed by atoms with Crippen LogP contribution in [-0.2, 0) is 13.2 Å². The van der Waals surface area contributed by atoms with Gasteiger partial charge in [-0.25, -0.2) is 4.98 Å². The highest BCUT2D eigenvalue weighted by Gasteiger charge is 2.36. The van der Waals surface area contributed by atoms with Gasteiger partial charge >= 0.3 is 6.18 Å². The molecule has 0 radical (unpaired) electrons. The number of amides is 1. The van der Waals surface area contributed by atoms with Gasteiger partial charge in [-0.2, -0.15) is 18.3 Å². The highest BCUT2D eigenvalue weighted by atomic mass is 32.1. The molecule has 1 aliphatic rings. The van der Waals surface area contributed by atoms with Gasteiger partial charge in [-0.05, 0) is 13.0 Å². The van der Waals surface area contributed by atoms with E-state index in [1.165, 1.54) is 4.68 Å². The summed E-state index contributed by atoms with van der Waals surface area (Å²) in [5.41, 5.74) is 0.320. The molecule has 2 aromatic rings. The Morgan fingerprint density at radius 3 is 2.65 bits per heavy atom. The summed E-state index contributed by atoms with van der Waals surface area (Å²) < 4.78 is 39.1. The lowest BCUT2D eigenvalue weighted by Crippen LogP contribution is -2.59. The average Bonchev–Trinajstić information content (AvgIpc) is 2.99. The molecule has 0 unspecified atom stereocenters. The van der Waals surface area contributed by atoms with E-state index in [1.807, 2.05) is 0 Å². The minimum absolute atomic E-state index is 0.115. The van der Waals surface area contributed by atoms with E-state index < -0.39 is 11.9 Å². The van der Waals surface area contributed by atoms with Crippen LogP contribution in [0.4, 0.5) is 18.3 Å². The molecule has 0 spiro atoms. The number of carbonyl (C=O) groups excluding carboxylic acids is 1. The molecule has 1 fully saturated rings. The molecule has 3 rings (SSSR count). The number of alkyl halides is 3. The number of hydrogen-bond donors (Lipinski definition) is 1. The van der Waals surface area contributed by atoms with Gasteiger partial charge in [0.05, 0.1) is 11.7 Å². The van der Waals surface area contributed by atoms with Gasteiger partial charge in [0.25, 0.3) is 5.91 Å². The van der Waals surface area contributed by atoms with Crippen LogP contribution in [0.1, 0.15) is 21.9 Å². The van der Waals surface area contributed by atoms with E-state index in [1.54, 1.807) is 24.9 Å². The zero-order chi connectivity index (χ0) is 16.8. The maximum atomic E-state index is 12.5. The molecule has 1 N–H and O–H groups in total. The summed E-state index contributed by atoms with van der Waals surface area (Å²) in [6, 6.07) is 1.57. The molecule has 3 heterocycles. The molecule has 2 aromatic heterocycles. The largest absolute Gasteiger partial charge is 0.434 e. The van der Waals surface area contributed by atoms with Gasteiger partial charge in [-0.3, -0.25) is 9.48 Å². The summed E-state index contributed by atoms with van der Waals surface area (Å²) in [6.45, 7) is 2.67. The van der Waals surface area contributed by atoms with Crippen molar-refractivity contribution in [3.05, 3.63) is 28.5 Å². The van der Waals surface area contributed by atoms with E-state index in [2.05, 4.69) is 15.4 Å². The number of nitrogens with zero attached hydrogens (tertiary/aromatic N) is 4. The van der Waals surface area contributed by atoms with E-state index >= 15 is 0 Å². The number of aromatic nitrogens is 3. The fourth-order valence-corrected chi connectivity index (χ4v) is 3.20. The third kappa shape index (κ3) is 3.16. The smallest absolute Gasteiger partial charge is 0.344 e. The lowest BCUT2D eigenvalue weighted by atomic mass is 10.1. The van der Waals surface area contributed by atoms with Crippen molar-refractivity contribution in [2.75, 3.05) is 18.0 Å². The Morgan fingerprint density at radius 1 is 1.43 bits per heavy atom. The summed E-state index contributed by atoms with van der Waals surface area (Å²) in [7, 11) is 1.68. The van der Waals surface area contributed by atoms with Gasteiger partial charge in [0.15, 0.2) is 10.8 Å². The summed E-state index contributed by atoms with van der Waals surface area (Å²) in [4.78, 5) is 17.4.